The van der Waals surface area contributed by atoms with Gasteiger partial charge in [0, 0.05) is 0 Å². The van der Waals surface area contributed by atoms with Crippen molar-refractivity contribution in [2.45, 2.75) is 40.5 Å². The third-order valence-corrected chi connectivity index (χ3v) is 3.59. The first-order chi connectivity index (χ1) is 8.49. The first-order valence-corrected chi connectivity index (χ1v) is 6.67. The van der Waals surface area contributed by atoms with E-state index in [-0.39, 0.29) is 0 Å². The van der Waals surface area contributed by atoms with Gasteiger partial charge in [-0.15, -0.1) is 0 Å². The van der Waals surface area contributed by atoms with Crippen LogP contribution in [-0.2, 0) is 0 Å². The third-order valence-electron chi connectivity index (χ3n) is 3.59. The predicted molar refractivity (Wildman–Crippen MR) is 80.2 cm³/mol. The summed E-state index contributed by atoms with van der Waals surface area (Å²) in [5.41, 5.74) is 8.18. The first kappa shape index (κ1) is 12.9. The fourth-order valence-electron chi connectivity index (χ4n) is 2.46. The zero-order valence-electron chi connectivity index (χ0n) is 12.0. The van der Waals surface area contributed by atoms with E-state index in [1.165, 1.54) is 33.4 Å². The Morgan fingerprint density at radius 3 is 1.78 bits per heavy atom. The van der Waals surface area contributed by atoms with Crippen molar-refractivity contribution in [3.05, 3.63) is 58.7 Å². The lowest BCUT2D eigenvalue weighted by molar-refractivity contribution is 0.865. The van der Waals surface area contributed by atoms with Gasteiger partial charge in [-0.3, -0.25) is 0 Å². The van der Waals surface area contributed by atoms with Crippen LogP contribution in [0.25, 0.3) is 11.1 Å². The normalized spacial score (nSPS) is 11.0. The van der Waals surface area contributed by atoms with Crippen molar-refractivity contribution < 1.29 is 0 Å². The lowest BCUT2D eigenvalue weighted by Gasteiger charge is -2.13. The molecule has 0 N–H and O–H groups in total. The molecule has 18 heavy (non-hydrogen) atoms. The molecule has 0 heteroatoms. The highest BCUT2D eigenvalue weighted by Crippen LogP contribution is 2.29. The maximum atomic E-state index is 2.32. The van der Waals surface area contributed by atoms with Crippen molar-refractivity contribution in [1.82, 2.24) is 0 Å². The number of hydrogen-bond donors (Lipinski definition) is 0. The SMILES string of the molecule is Cc1ccc(-c2ccc(C(C)C)cc2C)c(C)c1. The molecule has 0 aliphatic heterocycles. The van der Waals surface area contributed by atoms with Crippen molar-refractivity contribution in [3.63, 3.8) is 0 Å². The van der Waals surface area contributed by atoms with E-state index in [0.29, 0.717) is 5.92 Å². The van der Waals surface area contributed by atoms with Crippen LogP contribution in [0.15, 0.2) is 36.4 Å². The minimum atomic E-state index is 0.594. The first-order valence-electron chi connectivity index (χ1n) is 6.67. The topological polar surface area (TPSA) is 0 Å². The van der Waals surface area contributed by atoms with Gasteiger partial charge in [0.2, 0.25) is 0 Å². The monoisotopic (exact) mass is 238 g/mol. The molecule has 0 aromatic heterocycles. The van der Waals surface area contributed by atoms with Gasteiger partial charge in [0.15, 0.2) is 0 Å². The molecule has 0 aliphatic carbocycles. The Bertz CT molecular complexity index is 562. The predicted octanol–water partition coefficient (Wildman–Crippen LogP) is 5.40. The molecule has 0 nitrogen and oxygen atoms in total. The minimum absolute atomic E-state index is 0.594. The van der Waals surface area contributed by atoms with Gasteiger partial charge in [-0.2, -0.15) is 0 Å². The van der Waals surface area contributed by atoms with Gasteiger partial charge >= 0.3 is 0 Å². The highest BCUT2D eigenvalue weighted by molar-refractivity contribution is 5.71. The average molecular weight is 238 g/mol. The Morgan fingerprint density at radius 2 is 1.28 bits per heavy atom. The molecule has 0 fully saturated rings. The van der Waals surface area contributed by atoms with Gasteiger partial charge in [0.25, 0.3) is 0 Å². The molecular weight excluding hydrogens is 216 g/mol. The number of rotatable bonds is 2. The molecule has 2 aromatic carbocycles. The van der Waals surface area contributed by atoms with Crippen LogP contribution in [0.4, 0.5) is 0 Å². The molecule has 0 spiro atoms. The lowest BCUT2D eigenvalue weighted by atomic mass is 9.92. The van der Waals surface area contributed by atoms with Crippen LogP contribution in [0.2, 0.25) is 0 Å². The summed E-state index contributed by atoms with van der Waals surface area (Å²) >= 11 is 0. The molecule has 0 amide bonds. The Hall–Kier alpha value is -1.56. The molecule has 0 aliphatic rings. The smallest absolute Gasteiger partial charge is 0.0152 e. The highest BCUT2D eigenvalue weighted by atomic mass is 14.1. The Labute approximate surface area is 111 Å². The molecule has 0 saturated heterocycles. The quantitative estimate of drug-likeness (QED) is 0.657. The second kappa shape index (κ2) is 4.97. The van der Waals surface area contributed by atoms with E-state index in [1.807, 2.05) is 0 Å². The molecule has 2 rings (SSSR count). The Balaban J connectivity index is 2.51. The average Bonchev–Trinajstić information content (AvgIpc) is 2.30. The van der Waals surface area contributed by atoms with E-state index in [1.54, 1.807) is 0 Å². The van der Waals surface area contributed by atoms with Crippen LogP contribution in [0.3, 0.4) is 0 Å². The standard InChI is InChI=1S/C18H22/c1-12(2)16-7-9-18(15(5)11-16)17-8-6-13(3)10-14(17)4/h6-12H,1-5H3. The van der Waals surface area contributed by atoms with Gasteiger partial charge < -0.3 is 0 Å². The molecule has 0 bridgehead atoms. The maximum absolute atomic E-state index is 2.32. The summed E-state index contributed by atoms with van der Waals surface area (Å²) < 4.78 is 0. The zero-order chi connectivity index (χ0) is 13.3. The van der Waals surface area contributed by atoms with Crippen LogP contribution in [0, 0.1) is 20.8 Å². The maximum Gasteiger partial charge on any atom is -0.0152 e. The van der Waals surface area contributed by atoms with Gasteiger partial charge in [0.1, 0.15) is 0 Å². The highest BCUT2D eigenvalue weighted by Gasteiger charge is 2.07. The van der Waals surface area contributed by atoms with Crippen LogP contribution in [-0.4, -0.2) is 0 Å². The molecule has 94 valence electrons. The van der Waals surface area contributed by atoms with Crippen LogP contribution in [0.5, 0.6) is 0 Å². The van der Waals surface area contributed by atoms with Crippen LogP contribution < -0.4 is 0 Å². The largest absolute Gasteiger partial charge is 0.0587 e. The van der Waals surface area contributed by atoms with Crippen molar-refractivity contribution in [3.8, 4) is 11.1 Å². The second-order valence-electron chi connectivity index (χ2n) is 5.55. The second-order valence-corrected chi connectivity index (χ2v) is 5.55. The van der Waals surface area contributed by atoms with E-state index in [2.05, 4.69) is 71.0 Å². The van der Waals surface area contributed by atoms with Gasteiger partial charge in [-0.1, -0.05) is 55.8 Å². The van der Waals surface area contributed by atoms with Crippen molar-refractivity contribution in [2.75, 3.05) is 0 Å². The van der Waals surface area contributed by atoms with E-state index >= 15 is 0 Å². The summed E-state index contributed by atoms with van der Waals surface area (Å²) in [6, 6.07) is 13.5. The van der Waals surface area contributed by atoms with Crippen molar-refractivity contribution in [2.24, 2.45) is 0 Å². The van der Waals surface area contributed by atoms with E-state index in [9.17, 15) is 0 Å². The number of aryl methyl sites for hydroxylation is 3. The fraction of sp³-hybridized carbons (Fsp3) is 0.333. The van der Waals surface area contributed by atoms with Crippen LogP contribution >= 0.6 is 0 Å². The van der Waals surface area contributed by atoms with E-state index in [4.69, 9.17) is 0 Å². The lowest BCUT2D eigenvalue weighted by Crippen LogP contribution is -1.92. The van der Waals surface area contributed by atoms with Gasteiger partial charge in [-0.05, 0) is 54.5 Å². The van der Waals surface area contributed by atoms with Crippen molar-refractivity contribution in [1.29, 1.82) is 0 Å². The molecule has 0 radical (unpaired) electrons. The summed E-state index contributed by atoms with van der Waals surface area (Å²) in [6.07, 6.45) is 0. The summed E-state index contributed by atoms with van der Waals surface area (Å²) in [6.45, 7) is 11.0. The molecule has 0 saturated carbocycles. The molecule has 0 atom stereocenters. The number of hydrogen-bond acceptors (Lipinski definition) is 0. The molecular formula is C18H22. The van der Waals surface area contributed by atoms with Crippen LogP contribution in [0.1, 0.15) is 42.0 Å². The molecule has 0 heterocycles. The Morgan fingerprint density at radius 1 is 0.722 bits per heavy atom. The summed E-state index contributed by atoms with van der Waals surface area (Å²) in [7, 11) is 0. The van der Waals surface area contributed by atoms with E-state index < -0.39 is 0 Å². The fourth-order valence-corrected chi connectivity index (χ4v) is 2.46. The van der Waals surface area contributed by atoms with Crippen molar-refractivity contribution >= 4 is 0 Å². The van der Waals surface area contributed by atoms with Gasteiger partial charge in [-0.25, -0.2) is 0 Å². The summed E-state index contributed by atoms with van der Waals surface area (Å²) in [5.74, 6) is 0.594. The molecule has 0 unspecified atom stereocenters. The third kappa shape index (κ3) is 2.48. The Kier molecular flexibility index (Phi) is 3.56. The summed E-state index contributed by atoms with van der Waals surface area (Å²) in [5, 5.41) is 0. The summed E-state index contributed by atoms with van der Waals surface area (Å²) in [4.78, 5) is 0. The zero-order valence-corrected chi connectivity index (χ0v) is 12.0. The minimum Gasteiger partial charge on any atom is -0.0587 e. The van der Waals surface area contributed by atoms with E-state index in [0.717, 1.165) is 0 Å². The molecule has 2 aromatic rings. The number of benzene rings is 2. The van der Waals surface area contributed by atoms with Gasteiger partial charge in [0.05, 0.1) is 0 Å².